The number of nitrogens with two attached hydrogens (primary N) is 1. The molecule has 0 spiro atoms. The van der Waals surface area contributed by atoms with Gasteiger partial charge >= 0.3 is 0 Å². The number of hydrogen-bond acceptors (Lipinski definition) is 2. The van der Waals surface area contributed by atoms with Gasteiger partial charge in [-0.1, -0.05) is 56.5 Å². The summed E-state index contributed by atoms with van der Waals surface area (Å²) in [5.74, 6) is 0.622. The summed E-state index contributed by atoms with van der Waals surface area (Å²) in [5.41, 5.74) is 7.68. The van der Waals surface area contributed by atoms with Gasteiger partial charge in [0.1, 0.15) is 0 Å². The molecule has 0 aliphatic heterocycles. The molecule has 1 fully saturated rings. The van der Waals surface area contributed by atoms with Gasteiger partial charge < -0.3 is 10.5 Å². The highest BCUT2D eigenvalue weighted by atomic mass is 16.5. The molecule has 0 aromatic heterocycles. The lowest BCUT2D eigenvalue weighted by Crippen LogP contribution is -2.41. The second kappa shape index (κ2) is 8.43. The van der Waals surface area contributed by atoms with Crippen molar-refractivity contribution < 1.29 is 4.74 Å². The molecular formula is C18H29NO. The fourth-order valence-corrected chi connectivity index (χ4v) is 3.14. The molecule has 0 heterocycles. The molecule has 1 saturated carbocycles. The van der Waals surface area contributed by atoms with Crippen LogP contribution in [0.4, 0.5) is 0 Å². The van der Waals surface area contributed by atoms with Crippen molar-refractivity contribution in [2.45, 2.75) is 69.9 Å². The molecule has 2 heteroatoms. The van der Waals surface area contributed by atoms with E-state index in [1.54, 1.807) is 0 Å². The minimum absolute atomic E-state index is 0.223. The number of benzene rings is 1. The second-order valence-corrected chi connectivity index (χ2v) is 6.05. The van der Waals surface area contributed by atoms with Crippen molar-refractivity contribution in [1.29, 1.82) is 0 Å². The molecule has 1 aromatic carbocycles. The molecule has 1 aromatic rings. The summed E-state index contributed by atoms with van der Waals surface area (Å²) in [6.45, 7) is 3.11. The van der Waals surface area contributed by atoms with Crippen molar-refractivity contribution in [3.05, 3.63) is 35.9 Å². The number of unbranched alkanes of at least 4 members (excludes halogenated alkanes) is 3. The van der Waals surface area contributed by atoms with Crippen LogP contribution in [0.3, 0.4) is 0 Å². The van der Waals surface area contributed by atoms with E-state index >= 15 is 0 Å². The average molecular weight is 275 g/mol. The van der Waals surface area contributed by atoms with Gasteiger partial charge in [0.2, 0.25) is 0 Å². The summed E-state index contributed by atoms with van der Waals surface area (Å²) in [5, 5.41) is 0. The highest BCUT2D eigenvalue weighted by Crippen LogP contribution is 2.33. The van der Waals surface area contributed by atoms with Crippen molar-refractivity contribution in [1.82, 2.24) is 0 Å². The van der Waals surface area contributed by atoms with Crippen molar-refractivity contribution in [2.24, 2.45) is 5.73 Å². The number of rotatable bonds is 7. The first-order chi connectivity index (χ1) is 9.81. The third-order valence-electron chi connectivity index (χ3n) is 4.44. The minimum atomic E-state index is 0.223. The quantitative estimate of drug-likeness (QED) is 0.755. The maximum absolute atomic E-state index is 6.24. The van der Waals surface area contributed by atoms with Crippen LogP contribution in [-0.2, 0) is 4.74 Å². The first kappa shape index (κ1) is 15.5. The van der Waals surface area contributed by atoms with E-state index in [9.17, 15) is 0 Å². The summed E-state index contributed by atoms with van der Waals surface area (Å²) < 4.78 is 6.07. The molecule has 3 unspecified atom stereocenters. The van der Waals surface area contributed by atoms with Gasteiger partial charge in [0.05, 0.1) is 6.10 Å². The fraction of sp³-hybridized carbons (Fsp3) is 0.667. The molecule has 0 radical (unpaired) electrons. The smallest absolute Gasteiger partial charge is 0.0731 e. The van der Waals surface area contributed by atoms with Gasteiger partial charge in [-0.25, -0.2) is 0 Å². The molecule has 1 aliphatic carbocycles. The molecule has 2 N–H and O–H groups in total. The highest BCUT2D eigenvalue weighted by Gasteiger charge is 2.29. The van der Waals surface area contributed by atoms with Gasteiger partial charge in [0.15, 0.2) is 0 Å². The van der Waals surface area contributed by atoms with Gasteiger partial charge in [-0.15, -0.1) is 0 Å². The second-order valence-electron chi connectivity index (χ2n) is 6.05. The molecule has 2 nitrogen and oxygen atoms in total. The van der Waals surface area contributed by atoms with Crippen LogP contribution in [0.1, 0.15) is 63.4 Å². The molecular weight excluding hydrogens is 246 g/mol. The Hall–Kier alpha value is -0.860. The zero-order valence-corrected chi connectivity index (χ0v) is 12.8. The van der Waals surface area contributed by atoms with Crippen LogP contribution in [-0.4, -0.2) is 18.8 Å². The van der Waals surface area contributed by atoms with E-state index in [1.165, 1.54) is 37.7 Å². The van der Waals surface area contributed by atoms with Crippen LogP contribution in [0, 0.1) is 0 Å². The van der Waals surface area contributed by atoms with Crippen molar-refractivity contribution in [2.75, 3.05) is 6.61 Å². The third-order valence-corrected chi connectivity index (χ3v) is 4.44. The van der Waals surface area contributed by atoms with E-state index in [4.69, 9.17) is 10.5 Å². The van der Waals surface area contributed by atoms with Crippen LogP contribution in [0.15, 0.2) is 30.3 Å². The lowest BCUT2D eigenvalue weighted by Gasteiger charge is -2.34. The fourth-order valence-electron chi connectivity index (χ4n) is 3.14. The van der Waals surface area contributed by atoms with Crippen LogP contribution < -0.4 is 5.73 Å². The molecule has 2 rings (SSSR count). The van der Waals surface area contributed by atoms with E-state index in [0.717, 1.165) is 19.4 Å². The van der Waals surface area contributed by atoms with Crippen LogP contribution in [0.5, 0.6) is 0 Å². The summed E-state index contributed by atoms with van der Waals surface area (Å²) in [6.07, 6.45) is 8.65. The Bertz CT molecular complexity index is 365. The number of ether oxygens (including phenoxy) is 1. The Balaban J connectivity index is 1.79. The minimum Gasteiger partial charge on any atom is -0.377 e. The Morgan fingerprint density at radius 2 is 1.90 bits per heavy atom. The Morgan fingerprint density at radius 1 is 1.10 bits per heavy atom. The molecule has 0 saturated heterocycles. The van der Waals surface area contributed by atoms with Crippen LogP contribution >= 0.6 is 0 Å². The SMILES string of the molecule is CCCCCCOC1CC(c2ccccc2)CCC1N. The zero-order chi connectivity index (χ0) is 14.2. The maximum Gasteiger partial charge on any atom is 0.0731 e. The maximum atomic E-state index is 6.24. The summed E-state index contributed by atoms with van der Waals surface area (Å²) >= 11 is 0. The summed E-state index contributed by atoms with van der Waals surface area (Å²) in [6, 6.07) is 11.0. The Labute approximate surface area is 123 Å². The molecule has 3 atom stereocenters. The van der Waals surface area contributed by atoms with E-state index < -0.39 is 0 Å². The zero-order valence-electron chi connectivity index (χ0n) is 12.8. The van der Waals surface area contributed by atoms with Crippen molar-refractivity contribution >= 4 is 0 Å². The largest absolute Gasteiger partial charge is 0.377 e. The van der Waals surface area contributed by atoms with Gasteiger partial charge in [-0.3, -0.25) is 0 Å². The number of hydrogen-bond donors (Lipinski definition) is 1. The molecule has 20 heavy (non-hydrogen) atoms. The standard InChI is InChI=1S/C18H29NO/c1-2-3-4-8-13-20-18-14-16(11-12-17(18)19)15-9-6-5-7-10-15/h5-7,9-10,16-18H,2-4,8,11-14,19H2,1H3. The van der Waals surface area contributed by atoms with Gasteiger partial charge in [-0.05, 0) is 37.2 Å². The van der Waals surface area contributed by atoms with E-state index in [1.807, 2.05) is 0 Å². The lowest BCUT2D eigenvalue weighted by atomic mass is 9.80. The van der Waals surface area contributed by atoms with Crippen LogP contribution in [0.2, 0.25) is 0 Å². The molecule has 0 bridgehead atoms. The summed E-state index contributed by atoms with van der Waals surface area (Å²) in [4.78, 5) is 0. The van der Waals surface area contributed by atoms with E-state index in [-0.39, 0.29) is 12.1 Å². The van der Waals surface area contributed by atoms with E-state index in [2.05, 4.69) is 37.3 Å². The van der Waals surface area contributed by atoms with Crippen LogP contribution in [0.25, 0.3) is 0 Å². The van der Waals surface area contributed by atoms with Crippen molar-refractivity contribution in [3.63, 3.8) is 0 Å². The third kappa shape index (κ3) is 4.60. The average Bonchev–Trinajstić information content (AvgIpc) is 2.49. The normalized spacial score (nSPS) is 26.6. The van der Waals surface area contributed by atoms with E-state index in [0.29, 0.717) is 5.92 Å². The van der Waals surface area contributed by atoms with Gasteiger partial charge in [0, 0.05) is 12.6 Å². The molecule has 112 valence electrons. The summed E-state index contributed by atoms with van der Waals surface area (Å²) in [7, 11) is 0. The first-order valence-electron chi connectivity index (χ1n) is 8.23. The molecule has 1 aliphatic rings. The predicted octanol–water partition coefficient (Wildman–Crippen LogP) is 4.25. The Morgan fingerprint density at radius 3 is 2.65 bits per heavy atom. The lowest BCUT2D eigenvalue weighted by molar-refractivity contribution is 0.00761. The topological polar surface area (TPSA) is 35.2 Å². The Kier molecular flexibility index (Phi) is 6.55. The van der Waals surface area contributed by atoms with Gasteiger partial charge in [-0.2, -0.15) is 0 Å². The highest BCUT2D eigenvalue weighted by molar-refractivity contribution is 5.20. The first-order valence-corrected chi connectivity index (χ1v) is 8.23. The molecule has 0 amide bonds. The van der Waals surface area contributed by atoms with Crippen molar-refractivity contribution in [3.8, 4) is 0 Å². The monoisotopic (exact) mass is 275 g/mol. The van der Waals surface area contributed by atoms with Gasteiger partial charge in [0.25, 0.3) is 0 Å². The predicted molar refractivity (Wildman–Crippen MR) is 84.9 cm³/mol.